The zero-order chi connectivity index (χ0) is 21.8. The number of carbonyl (C=O) groups is 2. The molecule has 1 aliphatic rings. The largest absolute Gasteiger partial charge is 0.497 e. The smallest absolute Gasteiger partial charge is 0.230 e. The van der Waals surface area contributed by atoms with Gasteiger partial charge in [-0.2, -0.15) is 5.10 Å². The average Bonchev–Trinajstić information content (AvgIpc) is 3.40. The van der Waals surface area contributed by atoms with Gasteiger partial charge in [-0.1, -0.05) is 31.2 Å². The maximum Gasteiger partial charge on any atom is 0.230 e. The highest BCUT2D eigenvalue weighted by molar-refractivity contribution is 6.03. The Kier molecular flexibility index (Phi) is 6.02. The summed E-state index contributed by atoms with van der Waals surface area (Å²) in [6, 6.07) is 17.4. The molecule has 7 heteroatoms. The van der Waals surface area contributed by atoms with Crippen LogP contribution in [0.5, 0.6) is 5.75 Å². The van der Waals surface area contributed by atoms with Gasteiger partial charge >= 0.3 is 0 Å². The lowest BCUT2D eigenvalue weighted by Gasteiger charge is -2.17. The summed E-state index contributed by atoms with van der Waals surface area (Å²) < 4.78 is 6.93. The van der Waals surface area contributed by atoms with Gasteiger partial charge < -0.3 is 15.0 Å². The summed E-state index contributed by atoms with van der Waals surface area (Å²) in [6.45, 7) is 3.04. The van der Waals surface area contributed by atoms with Crippen molar-refractivity contribution >= 4 is 23.3 Å². The summed E-state index contributed by atoms with van der Waals surface area (Å²) in [7, 11) is 1.60. The van der Waals surface area contributed by atoms with Gasteiger partial charge in [0.25, 0.3) is 0 Å². The molecule has 0 radical (unpaired) electrons. The number of nitrogens with one attached hydrogen (secondary N) is 1. The van der Waals surface area contributed by atoms with Gasteiger partial charge in [0.2, 0.25) is 11.8 Å². The van der Waals surface area contributed by atoms with E-state index in [9.17, 15) is 9.59 Å². The van der Waals surface area contributed by atoms with E-state index >= 15 is 0 Å². The lowest BCUT2D eigenvalue weighted by atomic mass is 10.1. The van der Waals surface area contributed by atoms with Gasteiger partial charge in [0.05, 0.1) is 25.8 Å². The summed E-state index contributed by atoms with van der Waals surface area (Å²) in [5.41, 5.74) is 3.16. The zero-order valence-corrected chi connectivity index (χ0v) is 17.7. The van der Waals surface area contributed by atoms with E-state index in [0.717, 1.165) is 23.4 Å². The minimum absolute atomic E-state index is 0.0603. The monoisotopic (exact) mass is 418 g/mol. The number of hydrogen-bond acceptors (Lipinski definition) is 4. The average molecular weight is 418 g/mol. The molecular formula is C24H26N4O3. The highest BCUT2D eigenvalue weighted by Crippen LogP contribution is 2.27. The van der Waals surface area contributed by atoms with Crippen molar-refractivity contribution in [3.63, 3.8) is 0 Å². The van der Waals surface area contributed by atoms with Crippen molar-refractivity contribution in [3.8, 4) is 5.75 Å². The van der Waals surface area contributed by atoms with E-state index in [1.807, 2.05) is 24.3 Å². The van der Waals surface area contributed by atoms with Crippen molar-refractivity contribution in [1.82, 2.24) is 9.78 Å². The fraction of sp³-hybridized carbons (Fsp3) is 0.292. The molecule has 31 heavy (non-hydrogen) atoms. The highest BCUT2D eigenvalue weighted by Gasteiger charge is 2.35. The molecule has 0 spiro atoms. The van der Waals surface area contributed by atoms with Crippen LogP contribution in [0.4, 0.5) is 11.5 Å². The molecule has 1 aromatic heterocycles. The molecule has 1 aliphatic heterocycles. The lowest BCUT2D eigenvalue weighted by molar-refractivity contribution is -0.122. The first kappa shape index (κ1) is 20.7. The van der Waals surface area contributed by atoms with Crippen LogP contribution < -0.4 is 15.0 Å². The van der Waals surface area contributed by atoms with Gasteiger partial charge in [-0.15, -0.1) is 0 Å². The van der Waals surface area contributed by atoms with Gasteiger partial charge in [0.1, 0.15) is 11.6 Å². The highest BCUT2D eigenvalue weighted by atomic mass is 16.5. The summed E-state index contributed by atoms with van der Waals surface area (Å²) in [4.78, 5) is 27.0. The lowest BCUT2D eigenvalue weighted by Crippen LogP contribution is -2.28. The van der Waals surface area contributed by atoms with Gasteiger partial charge in [-0.25, -0.2) is 4.68 Å². The van der Waals surface area contributed by atoms with Crippen molar-refractivity contribution in [2.24, 2.45) is 5.92 Å². The molecule has 3 aromatic rings. The van der Waals surface area contributed by atoms with E-state index in [2.05, 4.69) is 41.6 Å². The molecule has 0 bridgehead atoms. The number of anilines is 2. The molecule has 2 amide bonds. The molecule has 1 fully saturated rings. The number of aryl methyl sites for hydroxylation is 1. The molecule has 1 atom stereocenters. The number of ether oxygens (including phenoxy) is 1. The van der Waals surface area contributed by atoms with Crippen LogP contribution in [0.15, 0.2) is 60.8 Å². The Morgan fingerprint density at radius 2 is 1.81 bits per heavy atom. The number of hydrogen-bond donors (Lipinski definition) is 1. The summed E-state index contributed by atoms with van der Waals surface area (Å²) >= 11 is 0. The summed E-state index contributed by atoms with van der Waals surface area (Å²) in [6.07, 6.45) is 2.85. The Labute approximate surface area is 181 Å². The molecule has 7 nitrogen and oxygen atoms in total. The van der Waals surface area contributed by atoms with E-state index in [4.69, 9.17) is 4.74 Å². The molecular weight excluding hydrogens is 392 g/mol. The van der Waals surface area contributed by atoms with E-state index in [1.54, 1.807) is 29.0 Å². The van der Waals surface area contributed by atoms with Crippen LogP contribution in [-0.2, 0) is 22.6 Å². The number of rotatable bonds is 7. The van der Waals surface area contributed by atoms with Crippen molar-refractivity contribution < 1.29 is 14.3 Å². The maximum atomic E-state index is 12.9. The molecule has 1 saturated heterocycles. The predicted octanol–water partition coefficient (Wildman–Crippen LogP) is 3.49. The first-order chi connectivity index (χ1) is 15.1. The van der Waals surface area contributed by atoms with Gasteiger partial charge in [0.15, 0.2) is 0 Å². The third-order valence-electron chi connectivity index (χ3n) is 5.61. The normalized spacial score (nSPS) is 15.9. The Bertz CT molecular complexity index is 1060. The minimum Gasteiger partial charge on any atom is -0.497 e. The van der Waals surface area contributed by atoms with E-state index in [-0.39, 0.29) is 18.2 Å². The molecule has 1 N–H and O–H groups in total. The second kappa shape index (κ2) is 9.04. The number of nitrogens with zero attached hydrogens (tertiary/aromatic N) is 3. The quantitative estimate of drug-likeness (QED) is 0.637. The number of carbonyl (C=O) groups excluding carboxylic acids is 2. The van der Waals surface area contributed by atoms with Crippen LogP contribution in [0.25, 0.3) is 0 Å². The third-order valence-corrected chi connectivity index (χ3v) is 5.61. The van der Waals surface area contributed by atoms with Crippen LogP contribution in [0.1, 0.15) is 24.5 Å². The third kappa shape index (κ3) is 4.60. The fourth-order valence-electron chi connectivity index (χ4n) is 3.74. The first-order valence-electron chi connectivity index (χ1n) is 10.4. The second-order valence-electron chi connectivity index (χ2n) is 7.64. The van der Waals surface area contributed by atoms with Crippen molar-refractivity contribution in [2.45, 2.75) is 26.3 Å². The van der Waals surface area contributed by atoms with Crippen molar-refractivity contribution in [3.05, 3.63) is 71.9 Å². The molecule has 0 saturated carbocycles. The van der Waals surface area contributed by atoms with Crippen LogP contribution in [0, 0.1) is 5.92 Å². The molecule has 4 rings (SSSR count). The van der Waals surface area contributed by atoms with Gasteiger partial charge in [0, 0.05) is 24.7 Å². The molecule has 160 valence electrons. The predicted molar refractivity (Wildman–Crippen MR) is 119 cm³/mol. The Morgan fingerprint density at radius 3 is 2.48 bits per heavy atom. The second-order valence-corrected chi connectivity index (χ2v) is 7.64. The van der Waals surface area contributed by atoms with E-state index < -0.39 is 5.92 Å². The van der Waals surface area contributed by atoms with Gasteiger partial charge in [-0.05, 0) is 41.8 Å². The van der Waals surface area contributed by atoms with E-state index in [0.29, 0.717) is 18.9 Å². The van der Waals surface area contributed by atoms with Crippen LogP contribution in [-0.4, -0.2) is 35.2 Å². The molecule has 2 aromatic carbocycles. The first-order valence-corrected chi connectivity index (χ1v) is 10.4. The Balaban J connectivity index is 1.40. The summed E-state index contributed by atoms with van der Waals surface area (Å²) in [5.74, 6) is 0.700. The Morgan fingerprint density at radius 1 is 1.10 bits per heavy atom. The Hall–Kier alpha value is -3.61. The molecule has 0 aliphatic carbocycles. The maximum absolute atomic E-state index is 12.9. The SMILES string of the molecule is CCc1ccc(Cn2nccc2NC(=O)C2CC(=O)N(c3ccc(OC)cc3)C2)cc1. The van der Waals surface area contributed by atoms with E-state index in [1.165, 1.54) is 5.56 Å². The number of amides is 2. The zero-order valence-electron chi connectivity index (χ0n) is 17.7. The number of methoxy groups -OCH3 is 1. The summed E-state index contributed by atoms with van der Waals surface area (Å²) in [5, 5.41) is 7.29. The van der Waals surface area contributed by atoms with Crippen LogP contribution >= 0.6 is 0 Å². The molecule has 1 unspecified atom stereocenters. The number of benzene rings is 2. The van der Waals surface area contributed by atoms with Crippen LogP contribution in [0.2, 0.25) is 0 Å². The number of aromatic nitrogens is 2. The van der Waals surface area contributed by atoms with Crippen molar-refractivity contribution in [1.29, 1.82) is 0 Å². The fourth-order valence-corrected chi connectivity index (χ4v) is 3.74. The van der Waals surface area contributed by atoms with Crippen molar-refractivity contribution in [2.75, 3.05) is 23.9 Å². The van der Waals surface area contributed by atoms with Crippen LogP contribution in [0.3, 0.4) is 0 Å². The standard InChI is InChI=1S/C24H26N4O3/c1-3-17-4-6-18(7-5-17)15-28-22(12-13-25-28)26-24(30)19-14-23(29)27(16-19)20-8-10-21(31-2)11-9-20/h4-13,19H,3,14-16H2,1-2H3,(H,26,30). The molecule has 2 heterocycles. The topological polar surface area (TPSA) is 76.5 Å². The minimum atomic E-state index is -0.415. The van der Waals surface area contributed by atoms with Gasteiger partial charge in [-0.3, -0.25) is 9.59 Å².